The Bertz CT molecular complexity index is 804. The van der Waals surface area contributed by atoms with Crippen LogP contribution in [0.1, 0.15) is 23.4 Å². The second kappa shape index (κ2) is 6.59. The average Bonchev–Trinajstić information content (AvgIpc) is 2.99. The summed E-state index contributed by atoms with van der Waals surface area (Å²) in [5.41, 5.74) is 0.0607. The van der Waals surface area contributed by atoms with Gasteiger partial charge in [-0.3, -0.25) is 9.89 Å². The quantitative estimate of drug-likeness (QED) is 0.859. The van der Waals surface area contributed by atoms with Crippen LogP contribution in [0.15, 0.2) is 18.2 Å². The molecule has 0 saturated heterocycles. The highest BCUT2D eigenvalue weighted by atomic mass is 35.5. The highest BCUT2D eigenvalue weighted by molar-refractivity contribution is 6.32. The first-order valence-corrected chi connectivity index (χ1v) is 7.95. The number of hydrogen-bond donors (Lipinski definition) is 2. The number of H-pyrrole nitrogens is 1. The highest BCUT2D eigenvalue weighted by Crippen LogP contribution is 2.36. The summed E-state index contributed by atoms with van der Waals surface area (Å²) >= 11 is 5.93. The summed E-state index contributed by atoms with van der Waals surface area (Å²) in [4.78, 5) is 12.4. The van der Waals surface area contributed by atoms with Crippen molar-refractivity contribution in [1.82, 2.24) is 10.2 Å². The van der Waals surface area contributed by atoms with Crippen LogP contribution in [0.5, 0.6) is 5.75 Å². The van der Waals surface area contributed by atoms with Crippen LogP contribution < -0.4 is 10.1 Å². The Morgan fingerprint density at radius 2 is 2.20 bits per heavy atom. The Labute approximate surface area is 146 Å². The second-order valence-electron chi connectivity index (χ2n) is 5.81. The van der Waals surface area contributed by atoms with Crippen LogP contribution in [0.3, 0.4) is 0 Å². The van der Waals surface area contributed by atoms with Crippen molar-refractivity contribution in [1.29, 1.82) is 0 Å². The third-order valence-corrected chi connectivity index (χ3v) is 4.52. The fourth-order valence-electron chi connectivity index (χ4n) is 2.94. The molecule has 1 amide bonds. The maximum atomic E-state index is 13.0. The Morgan fingerprint density at radius 3 is 2.88 bits per heavy atom. The fraction of sp³-hybridized carbons (Fsp3) is 0.375. The molecule has 3 rings (SSSR count). The van der Waals surface area contributed by atoms with E-state index in [4.69, 9.17) is 16.3 Å². The monoisotopic (exact) mass is 373 g/mol. The van der Waals surface area contributed by atoms with E-state index >= 15 is 0 Å². The van der Waals surface area contributed by atoms with Crippen molar-refractivity contribution in [2.75, 3.05) is 12.4 Å². The number of aromatic amines is 1. The first-order chi connectivity index (χ1) is 11.8. The zero-order chi connectivity index (χ0) is 18.2. The molecule has 9 heteroatoms. The molecule has 0 saturated carbocycles. The van der Waals surface area contributed by atoms with Gasteiger partial charge in [0.15, 0.2) is 5.69 Å². The van der Waals surface area contributed by atoms with Crippen molar-refractivity contribution in [2.24, 2.45) is 5.92 Å². The molecule has 134 valence electrons. The number of nitrogens with one attached hydrogen (secondary N) is 2. The molecule has 0 spiro atoms. The number of hydrogen-bond acceptors (Lipinski definition) is 3. The van der Waals surface area contributed by atoms with Gasteiger partial charge in [-0.15, -0.1) is 0 Å². The summed E-state index contributed by atoms with van der Waals surface area (Å²) in [6.07, 6.45) is -3.74. The average molecular weight is 374 g/mol. The molecule has 1 aliphatic carbocycles. The van der Waals surface area contributed by atoms with Crippen LogP contribution in [0.4, 0.5) is 18.9 Å². The van der Waals surface area contributed by atoms with Crippen molar-refractivity contribution in [3.05, 3.63) is 40.2 Å². The SMILES string of the molecule is COc1cc(NC(=O)C2CCc3[nH]nc(C(F)(F)F)c3C2)ccc1Cl. The van der Waals surface area contributed by atoms with Gasteiger partial charge in [0.05, 0.1) is 12.1 Å². The van der Waals surface area contributed by atoms with Gasteiger partial charge in [-0.2, -0.15) is 18.3 Å². The van der Waals surface area contributed by atoms with E-state index in [1.807, 2.05) is 0 Å². The van der Waals surface area contributed by atoms with Crippen molar-refractivity contribution in [3.63, 3.8) is 0 Å². The number of alkyl halides is 3. The number of aromatic nitrogens is 2. The largest absolute Gasteiger partial charge is 0.495 e. The minimum Gasteiger partial charge on any atom is -0.495 e. The first kappa shape index (κ1) is 17.6. The first-order valence-electron chi connectivity index (χ1n) is 7.57. The number of anilines is 1. The van der Waals surface area contributed by atoms with Gasteiger partial charge in [0, 0.05) is 28.9 Å². The number of amides is 1. The number of carbonyl (C=O) groups is 1. The number of fused-ring (bicyclic) bond motifs is 1. The summed E-state index contributed by atoms with van der Waals surface area (Å²) in [6.45, 7) is 0. The molecular formula is C16H15ClF3N3O2. The lowest BCUT2D eigenvalue weighted by molar-refractivity contribution is -0.142. The molecule has 1 unspecified atom stereocenters. The molecule has 2 N–H and O–H groups in total. The van der Waals surface area contributed by atoms with Crippen LogP contribution >= 0.6 is 11.6 Å². The predicted octanol–water partition coefficient (Wildman–Crippen LogP) is 3.83. The van der Waals surface area contributed by atoms with Gasteiger partial charge in [-0.05, 0) is 31.4 Å². The number of nitrogens with zero attached hydrogens (tertiary/aromatic N) is 1. The van der Waals surface area contributed by atoms with E-state index in [0.717, 1.165) is 0 Å². The van der Waals surface area contributed by atoms with Gasteiger partial charge >= 0.3 is 6.18 Å². The molecular weight excluding hydrogens is 359 g/mol. The summed E-state index contributed by atoms with van der Waals surface area (Å²) in [5, 5.41) is 8.90. The molecule has 0 bridgehead atoms. The molecule has 1 aromatic heterocycles. The third kappa shape index (κ3) is 3.58. The number of aryl methyl sites for hydroxylation is 1. The fourth-order valence-corrected chi connectivity index (χ4v) is 3.13. The molecule has 25 heavy (non-hydrogen) atoms. The maximum Gasteiger partial charge on any atom is 0.435 e. The molecule has 2 aromatic rings. The van der Waals surface area contributed by atoms with Crippen LogP contribution in [-0.4, -0.2) is 23.2 Å². The van der Waals surface area contributed by atoms with E-state index < -0.39 is 17.8 Å². The van der Waals surface area contributed by atoms with E-state index in [0.29, 0.717) is 35.0 Å². The number of benzene rings is 1. The minimum atomic E-state index is -4.54. The third-order valence-electron chi connectivity index (χ3n) is 4.20. The molecule has 0 fully saturated rings. The molecule has 0 aliphatic heterocycles. The van der Waals surface area contributed by atoms with Crippen LogP contribution in [0, 0.1) is 5.92 Å². The number of ether oxygens (including phenoxy) is 1. The summed E-state index contributed by atoms with van der Waals surface area (Å²) in [6, 6.07) is 4.75. The van der Waals surface area contributed by atoms with Crippen molar-refractivity contribution in [3.8, 4) is 5.75 Å². The van der Waals surface area contributed by atoms with Crippen LogP contribution in [0.25, 0.3) is 0 Å². The van der Waals surface area contributed by atoms with Gasteiger partial charge in [-0.25, -0.2) is 0 Å². The Balaban J connectivity index is 1.75. The summed E-state index contributed by atoms with van der Waals surface area (Å²) < 4.78 is 44.1. The smallest absolute Gasteiger partial charge is 0.435 e. The Hall–Kier alpha value is -2.22. The Kier molecular flexibility index (Phi) is 4.64. The highest BCUT2D eigenvalue weighted by Gasteiger charge is 2.40. The number of methoxy groups -OCH3 is 1. The number of rotatable bonds is 3. The molecule has 5 nitrogen and oxygen atoms in total. The lowest BCUT2D eigenvalue weighted by Crippen LogP contribution is -2.29. The lowest BCUT2D eigenvalue weighted by Gasteiger charge is -2.22. The Morgan fingerprint density at radius 1 is 1.44 bits per heavy atom. The van der Waals surface area contributed by atoms with Crippen molar-refractivity contribution >= 4 is 23.2 Å². The maximum absolute atomic E-state index is 13.0. The normalized spacial score (nSPS) is 17.1. The zero-order valence-corrected chi connectivity index (χ0v) is 14.0. The van der Waals surface area contributed by atoms with Gasteiger partial charge in [0.2, 0.25) is 5.91 Å². The molecule has 1 heterocycles. The molecule has 1 aliphatic rings. The van der Waals surface area contributed by atoms with Gasteiger partial charge in [0.25, 0.3) is 0 Å². The van der Waals surface area contributed by atoms with Crippen molar-refractivity contribution < 1.29 is 22.7 Å². The standard InChI is InChI=1S/C16H15ClF3N3O2/c1-25-13-7-9(3-4-11(13)17)21-15(24)8-2-5-12-10(6-8)14(23-22-12)16(18,19)20/h3-4,7-8H,2,5-6H2,1H3,(H,21,24)(H,22,23). The lowest BCUT2D eigenvalue weighted by atomic mass is 9.85. The summed E-state index contributed by atoms with van der Waals surface area (Å²) in [5.74, 6) is -0.503. The molecule has 1 aromatic carbocycles. The number of halogens is 4. The van der Waals surface area contributed by atoms with Gasteiger partial charge in [0.1, 0.15) is 5.75 Å². The van der Waals surface area contributed by atoms with E-state index in [1.54, 1.807) is 18.2 Å². The van der Waals surface area contributed by atoms with Crippen LogP contribution in [0.2, 0.25) is 5.02 Å². The molecule has 0 radical (unpaired) electrons. The summed E-state index contributed by atoms with van der Waals surface area (Å²) in [7, 11) is 1.45. The van der Waals surface area contributed by atoms with Gasteiger partial charge < -0.3 is 10.1 Å². The van der Waals surface area contributed by atoms with Crippen LogP contribution in [-0.2, 0) is 23.8 Å². The van der Waals surface area contributed by atoms with E-state index in [1.165, 1.54) is 7.11 Å². The number of carbonyl (C=O) groups excluding carboxylic acids is 1. The molecule has 1 atom stereocenters. The predicted molar refractivity (Wildman–Crippen MR) is 85.7 cm³/mol. The van der Waals surface area contributed by atoms with E-state index in [-0.39, 0.29) is 17.9 Å². The zero-order valence-electron chi connectivity index (χ0n) is 13.2. The second-order valence-corrected chi connectivity index (χ2v) is 6.21. The minimum absolute atomic E-state index is 0.00274. The van der Waals surface area contributed by atoms with Gasteiger partial charge in [-0.1, -0.05) is 11.6 Å². The topological polar surface area (TPSA) is 67.0 Å². The van der Waals surface area contributed by atoms with Crippen molar-refractivity contribution in [2.45, 2.75) is 25.4 Å². The van der Waals surface area contributed by atoms with E-state index in [9.17, 15) is 18.0 Å². The van der Waals surface area contributed by atoms with E-state index in [2.05, 4.69) is 15.5 Å².